The van der Waals surface area contributed by atoms with E-state index < -0.39 is 17.5 Å². The van der Waals surface area contributed by atoms with E-state index in [4.69, 9.17) is 9.47 Å². The molecule has 0 N–H and O–H groups in total. The van der Waals surface area contributed by atoms with Gasteiger partial charge in [-0.1, -0.05) is 25.5 Å². The van der Waals surface area contributed by atoms with Crippen molar-refractivity contribution < 1.29 is 22.6 Å². The van der Waals surface area contributed by atoms with Crippen molar-refractivity contribution in [3.05, 3.63) is 53.3 Å². The molecule has 1 aliphatic heterocycles. The van der Waals surface area contributed by atoms with Gasteiger partial charge >= 0.3 is 0 Å². The van der Waals surface area contributed by atoms with Gasteiger partial charge in [0.05, 0.1) is 18.8 Å². The summed E-state index contributed by atoms with van der Waals surface area (Å²) in [7, 11) is 0. The van der Waals surface area contributed by atoms with Gasteiger partial charge in [0.25, 0.3) is 0 Å². The van der Waals surface area contributed by atoms with E-state index >= 15 is 0 Å². The van der Waals surface area contributed by atoms with Crippen LogP contribution in [0.1, 0.15) is 51.2 Å². The van der Waals surface area contributed by atoms with Crippen LogP contribution in [0, 0.1) is 17.5 Å². The van der Waals surface area contributed by atoms with E-state index in [1.54, 1.807) is 19.1 Å². The van der Waals surface area contributed by atoms with Gasteiger partial charge in [-0.15, -0.1) is 0 Å². The molecule has 0 spiro atoms. The van der Waals surface area contributed by atoms with Gasteiger partial charge in [-0.05, 0) is 49.9 Å². The summed E-state index contributed by atoms with van der Waals surface area (Å²) >= 11 is 0. The van der Waals surface area contributed by atoms with Crippen LogP contribution < -0.4 is 4.74 Å². The first-order chi connectivity index (χ1) is 12.5. The quantitative estimate of drug-likeness (QED) is 0.608. The van der Waals surface area contributed by atoms with Crippen molar-refractivity contribution in [1.29, 1.82) is 0 Å². The highest BCUT2D eigenvalue weighted by atomic mass is 19.2. The molecule has 0 aliphatic carbocycles. The topological polar surface area (TPSA) is 18.5 Å². The molecule has 1 saturated heterocycles. The molecule has 0 bridgehead atoms. The van der Waals surface area contributed by atoms with Crippen molar-refractivity contribution in [1.82, 2.24) is 0 Å². The van der Waals surface area contributed by atoms with Crippen LogP contribution in [-0.4, -0.2) is 12.7 Å². The maximum atomic E-state index is 14.6. The summed E-state index contributed by atoms with van der Waals surface area (Å²) < 4.78 is 54.0. The fraction of sp³-hybridized carbons (Fsp3) is 0.429. The van der Waals surface area contributed by atoms with Gasteiger partial charge in [-0.25, -0.2) is 8.78 Å². The van der Waals surface area contributed by atoms with Crippen molar-refractivity contribution in [2.75, 3.05) is 6.61 Å². The number of ether oxygens (including phenoxy) is 2. The molecular weight excluding hydrogens is 341 g/mol. The van der Waals surface area contributed by atoms with E-state index in [9.17, 15) is 13.2 Å². The Balaban J connectivity index is 1.85. The number of benzene rings is 2. The van der Waals surface area contributed by atoms with Gasteiger partial charge in [0.1, 0.15) is 5.82 Å². The summed E-state index contributed by atoms with van der Waals surface area (Å²) in [5.41, 5.74) is 0.764. The standard InChI is InChI=1S/C21H23F3O2/c1-3-5-14-7-10-18(26-14)16-8-6-13(12-17(16)22)15-9-11-19(25-4-2)21(24)20(15)23/h6,8-9,11-12,14,18H,3-5,7,10H2,1-2H3. The average Bonchev–Trinajstić information content (AvgIpc) is 3.08. The molecule has 2 nitrogen and oxygen atoms in total. The van der Waals surface area contributed by atoms with Crippen LogP contribution in [0.2, 0.25) is 0 Å². The number of hydrogen-bond acceptors (Lipinski definition) is 2. The van der Waals surface area contributed by atoms with Crippen LogP contribution >= 0.6 is 0 Å². The zero-order valence-electron chi connectivity index (χ0n) is 15.0. The van der Waals surface area contributed by atoms with E-state index in [1.165, 1.54) is 18.2 Å². The lowest BCUT2D eigenvalue weighted by Gasteiger charge is -2.15. The Morgan fingerprint density at radius 2 is 1.85 bits per heavy atom. The predicted octanol–water partition coefficient (Wildman–Crippen LogP) is 6.19. The highest BCUT2D eigenvalue weighted by Crippen LogP contribution is 2.37. The van der Waals surface area contributed by atoms with Crippen molar-refractivity contribution in [2.24, 2.45) is 0 Å². The summed E-state index contributed by atoms with van der Waals surface area (Å²) in [6.45, 7) is 4.02. The lowest BCUT2D eigenvalue weighted by atomic mass is 9.99. The van der Waals surface area contributed by atoms with Crippen LogP contribution in [0.3, 0.4) is 0 Å². The molecule has 0 saturated carbocycles. The molecule has 2 aromatic carbocycles. The summed E-state index contributed by atoms with van der Waals surface area (Å²) in [5.74, 6) is -2.70. The minimum Gasteiger partial charge on any atom is -0.491 e. The Kier molecular flexibility index (Phi) is 5.87. The Morgan fingerprint density at radius 1 is 1.04 bits per heavy atom. The Bertz CT molecular complexity index is 776. The summed E-state index contributed by atoms with van der Waals surface area (Å²) in [6.07, 6.45) is 3.57. The Labute approximate surface area is 151 Å². The zero-order chi connectivity index (χ0) is 18.7. The lowest BCUT2D eigenvalue weighted by Crippen LogP contribution is -2.07. The third kappa shape index (κ3) is 3.73. The molecule has 0 aromatic heterocycles. The number of hydrogen-bond donors (Lipinski definition) is 0. The van der Waals surface area contributed by atoms with E-state index in [1.807, 2.05) is 0 Å². The van der Waals surface area contributed by atoms with Crippen LogP contribution in [-0.2, 0) is 4.74 Å². The van der Waals surface area contributed by atoms with Crippen molar-refractivity contribution in [2.45, 2.75) is 51.7 Å². The number of halogens is 3. The van der Waals surface area contributed by atoms with Gasteiger partial charge in [0, 0.05) is 11.1 Å². The van der Waals surface area contributed by atoms with Gasteiger partial charge in [-0.3, -0.25) is 0 Å². The smallest absolute Gasteiger partial charge is 0.201 e. The van der Waals surface area contributed by atoms with E-state index in [2.05, 4.69) is 6.92 Å². The average molecular weight is 364 g/mol. The van der Waals surface area contributed by atoms with E-state index in [-0.39, 0.29) is 35.7 Å². The third-order valence-corrected chi connectivity index (χ3v) is 4.72. The van der Waals surface area contributed by atoms with Crippen molar-refractivity contribution in [3.8, 4) is 16.9 Å². The van der Waals surface area contributed by atoms with Gasteiger partial charge in [0.15, 0.2) is 11.6 Å². The molecule has 0 amide bonds. The van der Waals surface area contributed by atoms with Crippen LogP contribution in [0.5, 0.6) is 5.75 Å². The highest BCUT2D eigenvalue weighted by Gasteiger charge is 2.28. The van der Waals surface area contributed by atoms with Gasteiger partial charge in [-0.2, -0.15) is 4.39 Å². The van der Waals surface area contributed by atoms with Crippen LogP contribution in [0.4, 0.5) is 13.2 Å². The first-order valence-electron chi connectivity index (χ1n) is 9.11. The molecular formula is C21H23F3O2. The summed E-state index contributed by atoms with van der Waals surface area (Å²) in [6, 6.07) is 7.22. The second kappa shape index (κ2) is 8.12. The molecule has 2 unspecified atom stereocenters. The molecule has 140 valence electrons. The van der Waals surface area contributed by atoms with Crippen LogP contribution in [0.15, 0.2) is 30.3 Å². The second-order valence-electron chi connectivity index (χ2n) is 6.52. The predicted molar refractivity (Wildman–Crippen MR) is 94.7 cm³/mol. The van der Waals surface area contributed by atoms with Crippen molar-refractivity contribution >= 4 is 0 Å². The Hall–Kier alpha value is -2.01. The molecule has 5 heteroatoms. The molecule has 1 fully saturated rings. The maximum absolute atomic E-state index is 14.6. The molecule has 1 heterocycles. The second-order valence-corrected chi connectivity index (χ2v) is 6.52. The van der Waals surface area contributed by atoms with E-state index in [0.717, 1.165) is 25.7 Å². The first kappa shape index (κ1) is 18.8. The minimum atomic E-state index is -1.06. The molecule has 26 heavy (non-hydrogen) atoms. The Morgan fingerprint density at radius 3 is 2.54 bits per heavy atom. The van der Waals surface area contributed by atoms with Gasteiger partial charge in [0.2, 0.25) is 5.82 Å². The maximum Gasteiger partial charge on any atom is 0.201 e. The lowest BCUT2D eigenvalue weighted by molar-refractivity contribution is 0.0378. The van der Waals surface area contributed by atoms with Gasteiger partial charge < -0.3 is 9.47 Å². The molecule has 2 atom stereocenters. The van der Waals surface area contributed by atoms with Crippen molar-refractivity contribution in [3.63, 3.8) is 0 Å². The molecule has 2 aromatic rings. The first-order valence-corrected chi connectivity index (χ1v) is 9.11. The fourth-order valence-electron chi connectivity index (χ4n) is 3.45. The number of rotatable bonds is 6. The summed E-state index contributed by atoms with van der Waals surface area (Å²) in [4.78, 5) is 0. The van der Waals surface area contributed by atoms with Crippen LogP contribution in [0.25, 0.3) is 11.1 Å². The molecule has 0 radical (unpaired) electrons. The minimum absolute atomic E-state index is 0.00704. The molecule has 1 aliphatic rings. The molecule has 3 rings (SSSR count). The normalized spacial score (nSPS) is 19.7. The monoisotopic (exact) mass is 364 g/mol. The zero-order valence-corrected chi connectivity index (χ0v) is 15.0. The summed E-state index contributed by atoms with van der Waals surface area (Å²) in [5, 5.41) is 0. The highest BCUT2D eigenvalue weighted by molar-refractivity contribution is 5.66. The SMILES string of the molecule is CCCC1CCC(c2ccc(-c3ccc(OCC)c(F)c3F)cc2F)O1. The van der Waals surface area contributed by atoms with E-state index in [0.29, 0.717) is 5.56 Å². The third-order valence-electron chi connectivity index (χ3n) is 4.72. The largest absolute Gasteiger partial charge is 0.491 e. The fourth-order valence-corrected chi connectivity index (χ4v) is 3.45.